The Balaban J connectivity index is 1.80. The van der Waals surface area contributed by atoms with Gasteiger partial charge in [0.25, 0.3) is 0 Å². The number of hydrogen-bond acceptors (Lipinski definition) is 5. The van der Waals surface area contributed by atoms with Crippen molar-refractivity contribution in [2.24, 2.45) is 11.5 Å². The molecule has 0 unspecified atom stereocenters. The van der Waals surface area contributed by atoms with Crippen LogP contribution in [-0.4, -0.2) is 20.4 Å². The molecule has 5 N–H and O–H groups in total. The van der Waals surface area contributed by atoms with E-state index in [9.17, 15) is 9.18 Å². The molecule has 0 spiro atoms. The minimum Gasteiger partial charge on any atom is -0.366 e. The molecular formula is C22H21FN6O. The Morgan fingerprint density at radius 1 is 1.20 bits per heavy atom. The monoisotopic (exact) mass is 404 g/mol. The largest absolute Gasteiger partial charge is 0.366 e. The maximum atomic E-state index is 14.2. The fourth-order valence-electron chi connectivity index (χ4n) is 3.46. The molecule has 30 heavy (non-hydrogen) atoms. The number of aromatic nitrogens is 3. The Hall–Kier alpha value is -3.78. The second-order valence-electron chi connectivity index (χ2n) is 6.96. The molecule has 7 nitrogen and oxygen atoms in total. The molecule has 0 atom stereocenters. The molecule has 4 rings (SSSR count). The first-order valence-corrected chi connectivity index (χ1v) is 9.43. The van der Waals surface area contributed by atoms with Gasteiger partial charge in [0.15, 0.2) is 0 Å². The van der Waals surface area contributed by atoms with Crippen molar-refractivity contribution < 1.29 is 9.18 Å². The van der Waals surface area contributed by atoms with Crippen molar-refractivity contribution in [3.63, 3.8) is 0 Å². The molecule has 0 aliphatic carbocycles. The maximum Gasteiger partial charge on any atom is 0.249 e. The van der Waals surface area contributed by atoms with Gasteiger partial charge in [-0.2, -0.15) is 4.98 Å². The van der Waals surface area contributed by atoms with Gasteiger partial charge in [-0.3, -0.25) is 9.36 Å². The van der Waals surface area contributed by atoms with Crippen molar-refractivity contribution in [3.05, 3.63) is 82.9 Å². The van der Waals surface area contributed by atoms with E-state index < -0.39 is 11.7 Å². The molecule has 1 amide bonds. The fraction of sp³-hybridized carbons (Fsp3) is 0.136. The van der Waals surface area contributed by atoms with Crippen LogP contribution in [0.2, 0.25) is 0 Å². The average molecular weight is 404 g/mol. The lowest BCUT2D eigenvalue weighted by molar-refractivity contribution is 0.100. The van der Waals surface area contributed by atoms with Crippen molar-refractivity contribution >= 4 is 22.6 Å². The van der Waals surface area contributed by atoms with Crippen LogP contribution in [0.5, 0.6) is 0 Å². The zero-order valence-corrected chi connectivity index (χ0v) is 16.4. The van der Waals surface area contributed by atoms with Crippen LogP contribution in [0, 0.1) is 12.7 Å². The summed E-state index contributed by atoms with van der Waals surface area (Å²) >= 11 is 0. The first-order chi connectivity index (χ1) is 14.5. The highest BCUT2D eigenvalue weighted by atomic mass is 19.1. The Kier molecular flexibility index (Phi) is 5.16. The predicted molar refractivity (Wildman–Crippen MR) is 114 cm³/mol. The zero-order chi connectivity index (χ0) is 21.3. The topological polar surface area (TPSA) is 112 Å². The van der Waals surface area contributed by atoms with Gasteiger partial charge in [0.2, 0.25) is 11.9 Å². The molecule has 0 saturated carbocycles. The van der Waals surface area contributed by atoms with Crippen molar-refractivity contribution in [2.45, 2.75) is 20.0 Å². The second kappa shape index (κ2) is 7.92. The van der Waals surface area contributed by atoms with Gasteiger partial charge < -0.3 is 16.8 Å². The van der Waals surface area contributed by atoms with E-state index >= 15 is 0 Å². The number of nitrogens with one attached hydrogen (secondary N) is 1. The van der Waals surface area contributed by atoms with Gasteiger partial charge >= 0.3 is 0 Å². The number of nitrogens with zero attached hydrogens (tertiary/aromatic N) is 3. The molecule has 0 aliphatic rings. The van der Waals surface area contributed by atoms with Crippen molar-refractivity contribution in [3.8, 4) is 5.95 Å². The van der Waals surface area contributed by atoms with E-state index in [-0.39, 0.29) is 12.1 Å². The number of carbonyl (C=O) groups excluding carboxylic acids is 1. The summed E-state index contributed by atoms with van der Waals surface area (Å²) in [6.45, 7) is 2.67. The van der Waals surface area contributed by atoms with Gasteiger partial charge in [-0.15, -0.1) is 0 Å². The summed E-state index contributed by atoms with van der Waals surface area (Å²) in [5.41, 5.74) is 14.5. The number of rotatable bonds is 6. The summed E-state index contributed by atoms with van der Waals surface area (Å²) in [4.78, 5) is 20.8. The van der Waals surface area contributed by atoms with Gasteiger partial charge in [-0.25, -0.2) is 9.37 Å². The highest BCUT2D eigenvalue weighted by Gasteiger charge is 2.18. The van der Waals surface area contributed by atoms with Crippen LogP contribution in [0.25, 0.3) is 16.9 Å². The SMILES string of the molecule is Cc1cc2c(C(N)=O)cc(F)cc2n1-c1ncc(CN)c(NCc2ccccc2)n1. The molecule has 0 saturated heterocycles. The van der Waals surface area contributed by atoms with Crippen LogP contribution in [0.3, 0.4) is 0 Å². The summed E-state index contributed by atoms with van der Waals surface area (Å²) in [5, 5.41) is 3.85. The molecule has 8 heteroatoms. The van der Waals surface area contributed by atoms with Crippen molar-refractivity contribution in [1.29, 1.82) is 0 Å². The lowest BCUT2D eigenvalue weighted by Gasteiger charge is -2.13. The molecule has 0 bridgehead atoms. The van der Waals surface area contributed by atoms with E-state index in [0.717, 1.165) is 22.9 Å². The Bertz CT molecular complexity index is 1240. The molecule has 152 valence electrons. The van der Waals surface area contributed by atoms with Crippen LogP contribution < -0.4 is 16.8 Å². The van der Waals surface area contributed by atoms with Gasteiger partial charge in [0, 0.05) is 35.9 Å². The minimum absolute atomic E-state index is 0.118. The van der Waals surface area contributed by atoms with Crippen LogP contribution in [0.4, 0.5) is 10.2 Å². The third-order valence-electron chi connectivity index (χ3n) is 4.91. The normalized spacial score (nSPS) is 11.0. The first kappa shape index (κ1) is 19.5. The van der Waals surface area contributed by atoms with Gasteiger partial charge in [0.05, 0.1) is 11.1 Å². The number of aryl methyl sites for hydroxylation is 1. The van der Waals surface area contributed by atoms with Crippen molar-refractivity contribution in [2.75, 3.05) is 5.32 Å². The summed E-state index contributed by atoms with van der Waals surface area (Å²) in [5.74, 6) is -0.312. The summed E-state index contributed by atoms with van der Waals surface area (Å²) in [6, 6.07) is 14.2. The molecule has 0 fully saturated rings. The predicted octanol–water partition coefficient (Wildman–Crippen LogP) is 3.04. The van der Waals surface area contributed by atoms with Gasteiger partial charge in [-0.05, 0) is 30.7 Å². The van der Waals surface area contributed by atoms with E-state index in [1.807, 2.05) is 37.3 Å². The maximum absolute atomic E-state index is 14.2. The smallest absolute Gasteiger partial charge is 0.249 e. The van der Waals surface area contributed by atoms with Gasteiger partial charge in [-0.1, -0.05) is 30.3 Å². The number of primary amides is 1. The summed E-state index contributed by atoms with van der Waals surface area (Å²) in [6.07, 6.45) is 1.65. The molecule has 0 radical (unpaired) electrons. The quantitative estimate of drug-likeness (QED) is 0.457. The van der Waals surface area contributed by atoms with Gasteiger partial charge in [0.1, 0.15) is 11.6 Å². The third-order valence-corrected chi connectivity index (χ3v) is 4.91. The number of amides is 1. The average Bonchev–Trinajstić information content (AvgIpc) is 3.07. The molecule has 0 aliphatic heterocycles. The van der Waals surface area contributed by atoms with Crippen molar-refractivity contribution in [1.82, 2.24) is 14.5 Å². The molecule has 4 aromatic rings. The number of hydrogen-bond donors (Lipinski definition) is 3. The highest BCUT2D eigenvalue weighted by Crippen LogP contribution is 2.27. The van der Waals surface area contributed by atoms with Crippen LogP contribution in [0.15, 0.2) is 54.7 Å². The van der Waals surface area contributed by atoms with E-state index in [1.165, 1.54) is 6.07 Å². The minimum atomic E-state index is -0.693. The number of fused-ring (bicyclic) bond motifs is 1. The van der Waals surface area contributed by atoms with E-state index in [0.29, 0.717) is 29.2 Å². The zero-order valence-electron chi connectivity index (χ0n) is 16.4. The summed E-state index contributed by atoms with van der Waals surface area (Å²) in [7, 11) is 0. The summed E-state index contributed by atoms with van der Waals surface area (Å²) < 4.78 is 15.9. The first-order valence-electron chi connectivity index (χ1n) is 9.43. The highest BCUT2D eigenvalue weighted by molar-refractivity contribution is 6.06. The molecular weight excluding hydrogens is 383 g/mol. The molecule has 2 aromatic heterocycles. The Labute approximate surface area is 172 Å². The fourth-order valence-corrected chi connectivity index (χ4v) is 3.46. The lowest BCUT2D eigenvalue weighted by Crippen LogP contribution is -2.13. The molecule has 2 aromatic carbocycles. The standard InChI is InChI=1S/C22H21FN6O/c1-13-7-17-18(20(25)30)8-16(23)9-19(17)29(13)22-27-12-15(10-24)21(28-22)26-11-14-5-3-2-4-6-14/h2-9,12H,10-11,24H2,1H3,(H2,25,30)(H,26,27,28). The third kappa shape index (κ3) is 3.60. The van der Waals surface area contributed by atoms with E-state index in [4.69, 9.17) is 11.5 Å². The van der Waals surface area contributed by atoms with Crippen LogP contribution in [0.1, 0.15) is 27.2 Å². The van der Waals surface area contributed by atoms with E-state index in [1.54, 1.807) is 16.8 Å². The second-order valence-corrected chi connectivity index (χ2v) is 6.96. The number of benzene rings is 2. The van der Waals surface area contributed by atoms with Crippen LogP contribution >= 0.6 is 0 Å². The Morgan fingerprint density at radius 2 is 1.97 bits per heavy atom. The molecule has 2 heterocycles. The number of carbonyl (C=O) groups is 1. The number of halogens is 1. The number of anilines is 1. The van der Waals surface area contributed by atoms with Crippen LogP contribution in [-0.2, 0) is 13.1 Å². The lowest BCUT2D eigenvalue weighted by atomic mass is 10.1. The van der Waals surface area contributed by atoms with E-state index in [2.05, 4.69) is 15.3 Å². The number of nitrogens with two attached hydrogens (primary N) is 2. The Morgan fingerprint density at radius 3 is 2.67 bits per heavy atom.